The first-order valence-electron chi connectivity index (χ1n) is 7.30. The Morgan fingerprint density at radius 2 is 1.30 bits per heavy atom. The molecule has 0 bridgehead atoms. The molecule has 2 aromatic carbocycles. The normalized spacial score (nSPS) is 12.6. The predicted molar refractivity (Wildman–Crippen MR) is 97.1 cm³/mol. The molecule has 0 unspecified atom stereocenters. The van der Waals surface area contributed by atoms with Gasteiger partial charge in [0, 0.05) is 16.6 Å². The fourth-order valence-corrected chi connectivity index (χ4v) is 2.07. The second kappa shape index (κ2) is 9.45. The lowest BCUT2D eigenvalue weighted by Crippen LogP contribution is -2.06. The molecular weight excluding hydrogens is 356 g/mol. The zero-order valence-corrected chi connectivity index (χ0v) is 15.2. The van der Waals surface area contributed by atoms with Crippen LogP contribution in [0.3, 0.4) is 0 Å². The van der Waals surface area contributed by atoms with Crippen molar-refractivity contribution in [3.8, 4) is 0 Å². The van der Waals surface area contributed by atoms with Crippen molar-refractivity contribution in [1.29, 1.82) is 0 Å². The Morgan fingerprint density at radius 3 is 1.65 bits per heavy atom. The van der Waals surface area contributed by atoms with Crippen molar-refractivity contribution in [1.82, 2.24) is 0 Å². The second-order valence-corrected chi connectivity index (χ2v) is 6.16. The van der Waals surface area contributed by atoms with Crippen molar-refractivity contribution in [2.24, 2.45) is 11.5 Å². The third-order valence-corrected chi connectivity index (χ3v) is 3.78. The molecule has 0 aliphatic carbocycles. The van der Waals surface area contributed by atoms with Crippen molar-refractivity contribution in [2.45, 2.75) is 25.9 Å². The summed E-state index contributed by atoms with van der Waals surface area (Å²) in [5.41, 5.74) is 14.0. The van der Waals surface area contributed by atoms with Crippen molar-refractivity contribution < 1.29 is 9.53 Å². The lowest BCUT2D eigenvalue weighted by atomic mass is 10.1. The standard InChI is InChI=1S/C10H13NO2.C8H10BrN/c1-7(11)8-3-5-9(6-4-8)10(12)13-2;1-6(10)7-2-4-8(9)5-3-7/h3-7H,11H2,1-2H3;2-6H,10H2,1H3/t7-;6-/m11/s1. The summed E-state index contributed by atoms with van der Waals surface area (Å²) in [7, 11) is 1.36. The van der Waals surface area contributed by atoms with Gasteiger partial charge < -0.3 is 16.2 Å². The molecule has 2 rings (SSSR count). The fourth-order valence-electron chi connectivity index (χ4n) is 1.81. The van der Waals surface area contributed by atoms with Crippen LogP contribution in [0.5, 0.6) is 0 Å². The first-order valence-corrected chi connectivity index (χ1v) is 8.09. The molecule has 0 aliphatic rings. The van der Waals surface area contributed by atoms with Gasteiger partial charge in [-0.25, -0.2) is 4.79 Å². The minimum atomic E-state index is -0.323. The third kappa shape index (κ3) is 6.52. The highest BCUT2D eigenvalue weighted by Gasteiger charge is 2.05. The van der Waals surface area contributed by atoms with Crippen LogP contribution in [-0.2, 0) is 4.74 Å². The summed E-state index contributed by atoms with van der Waals surface area (Å²) in [5.74, 6) is -0.323. The largest absolute Gasteiger partial charge is 0.465 e. The zero-order valence-electron chi connectivity index (χ0n) is 13.6. The Balaban J connectivity index is 0.000000238. The molecule has 5 heteroatoms. The highest BCUT2D eigenvalue weighted by molar-refractivity contribution is 9.10. The van der Waals surface area contributed by atoms with Crippen LogP contribution in [0.25, 0.3) is 0 Å². The van der Waals surface area contributed by atoms with Gasteiger partial charge in [0.1, 0.15) is 0 Å². The molecule has 2 atom stereocenters. The lowest BCUT2D eigenvalue weighted by molar-refractivity contribution is 0.0600. The zero-order chi connectivity index (χ0) is 17.4. The number of hydrogen-bond donors (Lipinski definition) is 2. The monoisotopic (exact) mass is 378 g/mol. The van der Waals surface area contributed by atoms with Crippen LogP contribution in [0, 0.1) is 0 Å². The van der Waals surface area contributed by atoms with Gasteiger partial charge >= 0.3 is 5.97 Å². The van der Waals surface area contributed by atoms with Gasteiger partial charge in [0.05, 0.1) is 12.7 Å². The van der Waals surface area contributed by atoms with Crippen LogP contribution in [0.15, 0.2) is 53.0 Å². The minimum Gasteiger partial charge on any atom is -0.465 e. The van der Waals surface area contributed by atoms with Gasteiger partial charge in [-0.2, -0.15) is 0 Å². The first-order chi connectivity index (χ1) is 10.8. The number of esters is 1. The number of hydrogen-bond acceptors (Lipinski definition) is 4. The summed E-state index contributed by atoms with van der Waals surface area (Å²) >= 11 is 3.35. The average Bonchev–Trinajstić information content (AvgIpc) is 2.55. The van der Waals surface area contributed by atoms with Gasteiger partial charge in [-0.15, -0.1) is 0 Å². The van der Waals surface area contributed by atoms with Crippen LogP contribution < -0.4 is 11.5 Å². The molecule has 124 valence electrons. The van der Waals surface area contributed by atoms with E-state index in [1.165, 1.54) is 12.7 Å². The van der Waals surface area contributed by atoms with Gasteiger partial charge in [0.25, 0.3) is 0 Å². The third-order valence-electron chi connectivity index (χ3n) is 3.25. The summed E-state index contributed by atoms with van der Waals surface area (Å²) in [6.07, 6.45) is 0. The lowest BCUT2D eigenvalue weighted by Gasteiger charge is -2.05. The number of benzene rings is 2. The number of carbonyl (C=O) groups excluding carboxylic acids is 1. The SMILES string of the molecule is COC(=O)c1ccc([C@@H](C)N)cc1.C[C@@H](N)c1ccc(Br)cc1. The van der Waals surface area contributed by atoms with E-state index in [0.717, 1.165) is 10.0 Å². The highest BCUT2D eigenvalue weighted by atomic mass is 79.9. The van der Waals surface area contributed by atoms with E-state index in [9.17, 15) is 4.79 Å². The Bertz CT molecular complexity index is 608. The molecule has 23 heavy (non-hydrogen) atoms. The molecule has 0 heterocycles. The van der Waals surface area contributed by atoms with Gasteiger partial charge in [0.2, 0.25) is 0 Å². The number of carbonyl (C=O) groups is 1. The Kier molecular flexibility index (Phi) is 7.95. The van der Waals surface area contributed by atoms with E-state index >= 15 is 0 Å². The van der Waals surface area contributed by atoms with E-state index in [4.69, 9.17) is 11.5 Å². The molecule has 2 aromatic rings. The molecule has 0 radical (unpaired) electrons. The number of nitrogens with two attached hydrogens (primary N) is 2. The average molecular weight is 379 g/mol. The van der Waals surface area contributed by atoms with E-state index in [-0.39, 0.29) is 18.1 Å². The molecule has 4 nitrogen and oxygen atoms in total. The number of rotatable bonds is 3. The predicted octanol–water partition coefficient (Wildman–Crippen LogP) is 3.96. The molecule has 0 fully saturated rings. The Labute approximate surface area is 146 Å². The van der Waals surface area contributed by atoms with Crippen molar-refractivity contribution >= 4 is 21.9 Å². The molecule has 0 aliphatic heterocycles. The van der Waals surface area contributed by atoms with Crippen molar-refractivity contribution in [2.75, 3.05) is 7.11 Å². The van der Waals surface area contributed by atoms with Crippen LogP contribution >= 0.6 is 15.9 Å². The molecule has 0 saturated carbocycles. The number of halogens is 1. The summed E-state index contributed by atoms with van der Waals surface area (Å²) in [5, 5.41) is 0. The van der Waals surface area contributed by atoms with Crippen molar-refractivity contribution in [3.05, 3.63) is 69.7 Å². The van der Waals surface area contributed by atoms with Crippen LogP contribution in [0.1, 0.15) is 47.4 Å². The topological polar surface area (TPSA) is 78.3 Å². The van der Waals surface area contributed by atoms with Crippen molar-refractivity contribution in [3.63, 3.8) is 0 Å². The molecule has 4 N–H and O–H groups in total. The maximum Gasteiger partial charge on any atom is 0.337 e. The van der Waals surface area contributed by atoms with E-state index in [1.54, 1.807) is 12.1 Å². The van der Waals surface area contributed by atoms with Gasteiger partial charge in [-0.05, 0) is 49.2 Å². The molecule has 0 spiro atoms. The molecule has 0 saturated heterocycles. The Morgan fingerprint density at radius 1 is 0.913 bits per heavy atom. The summed E-state index contributed by atoms with van der Waals surface area (Å²) in [4.78, 5) is 11.0. The van der Waals surface area contributed by atoms with Gasteiger partial charge in [-0.1, -0.05) is 40.2 Å². The quantitative estimate of drug-likeness (QED) is 0.792. The first kappa shape index (κ1) is 19.4. The van der Waals surface area contributed by atoms with Crippen LogP contribution in [0.2, 0.25) is 0 Å². The number of methoxy groups -OCH3 is 1. The summed E-state index contributed by atoms with van der Waals surface area (Å²) in [6, 6.07) is 15.3. The number of ether oxygens (including phenoxy) is 1. The molecular formula is C18H23BrN2O2. The van der Waals surface area contributed by atoms with E-state index in [0.29, 0.717) is 5.56 Å². The van der Waals surface area contributed by atoms with Gasteiger partial charge in [0.15, 0.2) is 0 Å². The van der Waals surface area contributed by atoms with E-state index < -0.39 is 0 Å². The summed E-state index contributed by atoms with van der Waals surface area (Å²) < 4.78 is 5.66. The van der Waals surface area contributed by atoms with Crippen LogP contribution in [-0.4, -0.2) is 13.1 Å². The molecule has 0 amide bonds. The maximum atomic E-state index is 11.0. The fraction of sp³-hybridized carbons (Fsp3) is 0.278. The minimum absolute atomic E-state index is 0.00769. The van der Waals surface area contributed by atoms with Crippen LogP contribution in [0.4, 0.5) is 0 Å². The second-order valence-electron chi connectivity index (χ2n) is 5.24. The smallest absolute Gasteiger partial charge is 0.337 e. The van der Waals surface area contributed by atoms with E-state index in [1.807, 2.05) is 50.2 Å². The summed E-state index contributed by atoms with van der Waals surface area (Å²) in [6.45, 7) is 3.87. The maximum absolute atomic E-state index is 11.0. The molecule has 0 aromatic heterocycles. The van der Waals surface area contributed by atoms with E-state index in [2.05, 4.69) is 20.7 Å². The van der Waals surface area contributed by atoms with Gasteiger partial charge in [-0.3, -0.25) is 0 Å². The highest BCUT2D eigenvalue weighted by Crippen LogP contribution is 2.14. The Hall–Kier alpha value is -1.69.